The summed E-state index contributed by atoms with van der Waals surface area (Å²) in [6.45, 7) is 4.92. The second kappa shape index (κ2) is 13.5. The molecule has 174 valence electrons. The molecule has 30 heavy (non-hydrogen) atoms. The van der Waals surface area contributed by atoms with Crippen molar-refractivity contribution in [2.24, 2.45) is 5.92 Å². The maximum absolute atomic E-state index is 13.3. The van der Waals surface area contributed by atoms with Gasteiger partial charge in [-0.2, -0.15) is 0 Å². The minimum Gasteiger partial charge on any atom is -0.483 e. The fraction of sp³-hybridized carbons (Fsp3) is 0.850. The predicted molar refractivity (Wildman–Crippen MR) is 108 cm³/mol. The smallest absolute Gasteiger partial charge is 0.290 e. The van der Waals surface area contributed by atoms with Crippen LogP contribution in [0.1, 0.15) is 44.9 Å². The van der Waals surface area contributed by atoms with Crippen molar-refractivity contribution in [3.63, 3.8) is 0 Å². The van der Waals surface area contributed by atoms with Gasteiger partial charge in [0.2, 0.25) is 11.8 Å². The molecule has 1 saturated carbocycles. The molecule has 10 heteroatoms. The molecule has 2 aliphatic heterocycles. The average Bonchev–Trinajstić information content (AvgIpc) is 2.98. The van der Waals surface area contributed by atoms with Gasteiger partial charge in [-0.05, 0) is 58.2 Å². The molecular weight excluding hydrogens is 400 g/mol. The second-order valence-electron chi connectivity index (χ2n) is 8.13. The third-order valence-corrected chi connectivity index (χ3v) is 6.06. The lowest BCUT2D eigenvalue weighted by Crippen LogP contribution is -2.45. The van der Waals surface area contributed by atoms with Gasteiger partial charge in [0.15, 0.2) is 0 Å². The number of alkyl halides is 2. The van der Waals surface area contributed by atoms with Crippen molar-refractivity contribution in [3.05, 3.63) is 0 Å². The van der Waals surface area contributed by atoms with E-state index >= 15 is 0 Å². The Bertz CT molecular complexity index is 523. The summed E-state index contributed by atoms with van der Waals surface area (Å²) in [6, 6.07) is 0.0668. The number of carbonyl (C=O) groups excluding carboxylic acids is 1. The van der Waals surface area contributed by atoms with Crippen LogP contribution in [0.2, 0.25) is 0 Å². The third-order valence-electron chi connectivity index (χ3n) is 6.06. The summed E-state index contributed by atoms with van der Waals surface area (Å²) in [6.07, 6.45) is 4.45. The molecule has 1 aliphatic carbocycles. The minimum atomic E-state index is -2.44. The standard InChI is InChI=1S/C18H31F2N3O.2CH2O2/c1-21-9-2-4-16(21)17(24)23-11-3-10-22(12-13-23)14-15-5-7-18(19,20)8-6-15;2*2-1-3/h15-16H,2-14H2,1H3;2*1H,(H,2,3)/t16-;;/m0../s1. The SMILES string of the molecule is CN1CCC[C@H]1C(=O)N1CCCN(CC2CCC(F)(F)CC2)CC1.O=CO.O=CO. The van der Waals surface area contributed by atoms with Crippen LogP contribution < -0.4 is 0 Å². The molecule has 0 radical (unpaired) electrons. The summed E-state index contributed by atoms with van der Waals surface area (Å²) in [5, 5.41) is 13.8. The molecule has 3 aliphatic rings. The number of carboxylic acid groups (broad SMARTS) is 2. The van der Waals surface area contributed by atoms with Gasteiger partial charge in [-0.3, -0.25) is 19.3 Å². The van der Waals surface area contributed by atoms with Crippen molar-refractivity contribution in [2.75, 3.05) is 46.3 Å². The largest absolute Gasteiger partial charge is 0.483 e. The molecule has 8 nitrogen and oxygen atoms in total. The molecule has 1 atom stereocenters. The highest BCUT2D eigenvalue weighted by molar-refractivity contribution is 5.82. The number of hydrogen-bond acceptors (Lipinski definition) is 5. The maximum Gasteiger partial charge on any atom is 0.290 e. The summed E-state index contributed by atoms with van der Waals surface area (Å²) in [5.41, 5.74) is 0. The molecule has 0 aromatic rings. The van der Waals surface area contributed by atoms with Crippen molar-refractivity contribution in [2.45, 2.75) is 56.9 Å². The molecule has 1 amide bonds. The minimum absolute atomic E-state index is 0.0458. The Morgan fingerprint density at radius 3 is 2.10 bits per heavy atom. The summed E-state index contributed by atoms with van der Waals surface area (Å²) >= 11 is 0. The van der Waals surface area contributed by atoms with Crippen LogP contribution in [0.4, 0.5) is 8.78 Å². The van der Waals surface area contributed by atoms with E-state index in [1.807, 2.05) is 11.9 Å². The van der Waals surface area contributed by atoms with Gasteiger partial charge < -0.3 is 20.0 Å². The number of hydrogen-bond donors (Lipinski definition) is 2. The number of carbonyl (C=O) groups is 3. The lowest BCUT2D eigenvalue weighted by atomic mass is 9.86. The van der Waals surface area contributed by atoms with Crippen molar-refractivity contribution in [3.8, 4) is 0 Å². The number of amides is 1. The zero-order valence-corrected chi connectivity index (χ0v) is 17.7. The first kappa shape index (κ1) is 26.2. The highest BCUT2D eigenvalue weighted by Gasteiger charge is 2.36. The summed E-state index contributed by atoms with van der Waals surface area (Å²) in [7, 11) is 2.04. The van der Waals surface area contributed by atoms with Crippen LogP contribution in [0.5, 0.6) is 0 Å². The first-order valence-corrected chi connectivity index (χ1v) is 10.5. The number of rotatable bonds is 3. The first-order valence-electron chi connectivity index (χ1n) is 10.5. The van der Waals surface area contributed by atoms with Crippen molar-refractivity contribution in [1.82, 2.24) is 14.7 Å². The van der Waals surface area contributed by atoms with Crippen LogP contribution in [-0.2, 0) is 14.4 Å². The Balaban J connectivity index is 0.000000672. The van der Waals surface area contributed by atoms with Gasteiger partial charge in [-0.15, -0.1) is 0 Å². The number of likely N-dealkylation sites (N-methyl/N-ethyl adjacent to an activating group) is 1. The topological polar surface area (TPSA) is 101 Å². The van der Waals surface area contributed by atoms with Crippen LogP contribution in [0.15, 0.2) is 0 Å². The maximum atomic E-state index is 13.3. The molecule has 2 N–H and O–H groups in total. The first-order chi connectivity index (χ1) is 14.3. The van der Waals surface area contributed by atoms with Crippen molar-refractivity contribution in [1.29, 1.82) is 0 Å². The molecule has 0 aromatic carbocycles. The Kier molecular flexibility index (Phi) is 11.8. The van der Waals surface area contributed by atoms with Gasteiger partial charge in [0.1, 0.15) is 0 Å². The predicted octanol–water partition coefficient (Wildman–Crippen LogP) is 1.84. The lowest BCUT2D eigenvalue weighted by molar-refractivity contribution is -0.135. The molecule has 0 bridgehead atoms. The summed E-state index contributed by atoms with van der Waals surface area (Å²) in [4.78, 5) is 36.0. The van der Waals surface area contributed by atoms with E-state index < -0.39 is 5.92 Å². The Labute approximate surface area is 176 Å². The lowest BCUT2D eigenvalue weighted by Gasteiger charge is -2.32. The Morgan fingerprint density at radius 1 is 0.967 bits per heavy atom. The summed E-state index contributed by atoms with van der Waals surface area (Å²) in [5.74, 6) is -1.76. The summed E-state index contributed by atoms with van der Waals surface area (Å²) < 4.78 is 26.6. The molecule has 0 aromatic heterocycles. The van der Waals surface area contributed by atoms with Gasteiger partial charge in [-0.1, -0.05) is 0 Å². The van der Waals surface area contributed by atoms with Crippen LogP contribution >= 0.6 is 0 Å². The Morgan fingerprint density at radius 2 is 1.57 bits per heavy atom. The van der Waals surface area contributed by atoms with Crippen LogP contribution in [0.25, 0.3) is 0 Å². The second-order valence-corrected chi connectivity index (χ2v) is 8.13. The van der Waals surface area contributed by atoms with Crippen molar-refractivity contribution < 1.29 is 33.4 Å². The fourth-order valence-electron chi connectivity index (χ4n) is 4.45. The van der Waals surface area contributed by atoms with Crippen LogP contribution in [0, 0.1) is 5.92 Å². The molecule has 3 fully saturated rings. The quantitative estimate of drug-likeness (QED) is 0.653. The van der Waals surface area contributed by atoms with Crippen LogP contribution in [0.3, 0.4) is 0 Å². The van der Waals surface area contributed by atoms with E-state index in [2.05, 4.69) is 9.80 Å². The molecule has 0 unspecified atom stereocenters. The van der Waals surface area contributed by atoms with E-state index in [0.29, 0.717) is 18.8 Å². The molecule has 2 heterocycles. The Hall–Kier alpha value is -1.81. The van der Waals surface area contributed by atoms with E-state index in [9.17, 15) is 13.6 Å². The normalized spacial score (nSPS) is 25.2. The number of halogens is 2. The van der Waals surface area contributed by atoms with Crippen LogP contribution in [-0.4, -0.2) is 102 Å². The molecular formula is C20H35F2N3O5. The average molecular weight is 436 g/mol. The zero-order chi connectivity index (χ0) is 22.6. The number of nitrogens with zero attached hydrogens (tertiary/aromatic N) is 3. The van der Waals surface area contributed by atoms with E-state index in [-0.39, 0.29) is 37.7 Å². The molecule has 0 spiro atoms. The van der Waals surface area contributed by atoms with Crippen molar-refractivity contribution >= 4 is 18.9 Å². The highest BCUT2D eigenvalue weighted by Crippen LogP contribution is 2.36. The van der Waals surface area contributed by atoms with Gasteiger partial charge in [0, 0.05) is 39.0 Å². The fourth-order valence-corrected chi connectivity index (χ4v) is 4.45. The highest BCUT2D eigenvalue weighted by atomic mass is 19.3. The van der Waals surface area contributed by atoms with E-state index in [1.165, 1.54) is 0 Å². The van der Waals surface area contributed by atoms with E-state index in [4.69, 9.17) is 19.8 Å². The van der Waals surface area contributed by atoms with E-state index in [0.717, 1.165) is 58.5 Å². The molecule has 2 saturated heterocycles. The van der Waals surface area contributed by atoms with Gasteiger partial charge >= 0.3 is 0 Å². The third kappa shape index (κ3) is 8.91. The molecule has 3 rings (SSSR count). The van der Waals surface area contributed by atoms with Gasteiger partial charge in [0.25, 0.3) is 12.9 Å². The zero-order valence-electron chi connectivity index (χ0n) is 17.7. The number of likely N-dealkylation sites (tertiary alicyclic amines) is 1. The van der Waals surface area contributed by atoms with Gasteiger partial charge in [0.05, 0.1) is 6.04 Å². The van der Waals surface area contributed by atoms with Gasteiger partial charge in [-0.25, -0.2) is 8.78 Å². The van der Waals surface area contributed by atoms with E-state index in [1.54, 1.807) is 0 Å². The monoisotopic (exact) mass is 435 g/mol.